The number of hydrogen-bond donors (Lipinski definition) is 0. The average Bonchev–Trinajstić information content (AvgIpc) is 2.10. The van der Waals surface area contributed by atoms with E-state index in [1.807, 2.05) is 6.92 Å². The van der Waals surface area contributed by atoms with Gasteiger partial charge in [0.2, 0.25) is 6.04 Å². The Hall–Kier alpha value is -0.600. The van der Waals surface area contributed by atoms with Gasteiger partial charge in [0.15, 0.2) is 0 Å². The Labute approximate surface area is 80.7 Å². The van der Waals surface area contributed by atoms with Crippen LogP contribution in [0.2, 0.25) is 0 Å². The Morgan fingerprint density at radius 3 is 2.23 bits per heavy atom. The predicted octanol–water partition coefficient (Wildman–Crippen LogP) is 3.40. The molecular weight excluding hydrogens is 166 g/mol. The second-order valence-corrected chi connectivity index (χ2v) is 3.58. The minimum atomic E-state index is -0.290. The molecule has 0 aromatic carbocycles. The first-order chi connectivity index (χ1) is 6.22. The third kappa shape index (κ3) is 6.55. The van der Waals surface area contributed by atoms with Crippen molar-refractivity contribution in [2.24, 2.45) is 0 Å². The van der Waals surface area contributed by atoms with Gasteiger partial charge >= 0.3 is 0 Å². The Morgan fingerprint density at radius 2 is 1.77 bits per heavy atom. The van der Waals surface area contributed by atoms with Gasteiger partial charge in [-0.1, -0.05) is 33.1 Å². The standard InChI is InChI=1S/C10H21NO2/c1-3-5-6-7-9-10(8-4-2)11(12)13/h10H,3-9H2,1-2H3. The van der Waals surface area contributed by atoms with Gasteiger partial charge in [-0.2, -0.15) is 0 Å². The topological polar surface area (TPSA) is 43.1 Å². The first-order valence-corrected chi connectivity index (χ1v) is 5.35. The summed E-state index contributed by atoms with van der Waals surface area (Å²) in [5.74, 6) is 0. The Kier molecular flexibility index (Phi) is 7.65. The van der Waals surface area contributed by atoms with Crippen LogP contribution in [0.3, 0.4) is 0 Å². The maximum absolute atomic E-state index is 10.6. The molecule has 3 heteroatoms. The fraction of sp³-hybridized carbons (Fsp3) is 1.00. The number of rotatable bonds is 8. The lowest BCUT2D eigenvalue weighted by atomic mass is 10.0. The largest absolute Gasteiger partial charge is 0.264 e. The average molecular weight is 187 g/mol. The highest BCUT2D eigenvalue weighted by molar-refractivity contribution is 4.56. The molecule has 1 unspecified atom stereocenters. The van der Waals surface area contributed by atoms with Gasteiger partial charge in [0, 0.05) is 17.8 Å². The molecule has 0 N–H and O–H groups in total. The van der Waals surface area contributed by atoms with E-state index in [-0.39, 0.29) is 11.0 Å². The molecule has 3 nitrogen and oxygen atoms in total. The van der Waals surface area contributed by atoms with Crippen LogP contribution in [0.1, 0.15) is 58.8 Å². The SMILES string of the molecule is CCCCCCC(CCC)[N+](=O)[O-]. The summed E-state index contributed by atoms with van der Waals surface area (Å²) in [6.07, 6.45) is 6.97. The minimum Gasteiger partial charge on any atom is -0.264 e. The molecule has 0 heterocycles. The molecule has 0 aliphatic carbocycles. The summed E-state index contributed by atoms with van der Waals surface area (Å²) in [6.45, 7) is 4.15. The number of unbranched alkanes of at least 4 members (excludes halogenated alkanes) is 3. The highest BCUT2D eigenvalue weighted by Gasteiger charge is 2.17. The summed E-state index contributed by atoms with van der Waals surface area (Å²) in [5.41, 5.74) is 0. The normalized spacial score (nSPS) is 12.8. The molecule has 13 heavy (non-hydrogen) atoms. The monoisotopic (exact) mass is 187 g/mol. The van der Waals surface area contributed by atoms with E-state index >= 15 is 0 Å². The van der Waals surface area contributed by atoms with Gasteiger partial charge in [0.05, 0.1) is 0 Å². The Bertz CT molecular complexity index is 137. The van der Waals surface area contributed by atoms with Crippen molar-refractivity contribution in [3.63, 3.8) is 0 Å². The fourth-order valence-corrected chi connectivity index (χ4v) is 1.50. The second-order valence-electron chi connectivity index (χ2n) is 3.58. The number of nitrogens with zero attached hydrogens (tertiary/aromatic N) is 1. The summed E-state index contributed by atoms with van der Waals surface area (Å²) >= 11 is 0. The summed E-state index contributed by atoms with van der Waals surface area (Å²) in [6, 6.07) is -0.290. The third-order valence-electron chi connectivity index (χ3n) is 2.31. The highest BCUT2D eigenvalue weighted by Crippen LogP contribution is 2.11. The lowest BCUT2D eigenvalue weighted by Gasteiger charge is -2.07. The molecule has 0 amide bonds. The summed E-state index contributed by atoms with van der Waals surface area (Å²) < 4.78 is 0. The molecule has 78 valence electrons. The quantitative estimate of drug-likeness (QED) is 0.332. The molecule has 0 aromatic rings. The molecule has 0 spiro atoms. The van der Waals surface area contributed by atoms with E-state index in [4.69, 9.17) is 0 Å². The number of hydrogen-bond acceptors (Lipinski definition) is 2. The van der Waals surface area contributed by atoms with Crippen LogP contribution in [0.25, 0.3) is 0 Å². The van der Waals surface area contributed by atoms with Crippen molar-refractivity contribution in [2.75, 3.05) is 0 Å². The van der Waals surface area contributed by atoms with Gasteiger partial charge in [-0.25, -0.2) is 0 Å². The van der Waals surface area contributed by atoms with E-state index in [1.165, 1.54) is 12.8 Å². The van der Waals surface area contributed by atoms with Crippen molar-refractivity contribution in [3.05, 3.63) is 10.1 Å². The zero-order chi connectivity index (χ0) is 10.1. The summed E-state index contributed by atoms with van der Waals surface area (Å²) in [7, 11) is 0. The van der Waals surface area contributed by atoms with Gasteiger partial charge in [-0.05, 0) is 12.8 Å². The van der Waals surface area contributed by atoms with E-state index in [2.05, 4.69) is 6.92 Å². The van der Waals surface area contributed by atoms with Crippen LogP contribution in [0.4, 0.5) is 0 Å². The van der Waals surface area contributed by atoms with Gasteiger partial charge in [-0.15, -0.1) is 0 Å². The van der Waals surface area contributed by atoms with E-state index in [0.717, 1.165) is 32.1 Å². The van der Waals surface area contributed by atoms with Gasteiger partial charge in [-0.3, -0.25) is 10.1 Å². The van der Waals surface area contributed by atoms with Crippen molar-refractivity contribution in [1.82, 2.24) is 0 Å². The van der Waals surface area contributed by atoms with Crippen molar-refractivity contribution >= 4 is 0 Å². The second kappa shape index (κ2) is 8.02. The molecule has 0 rings (SSSR count). The molecular formula is C10H21NO2. The summed E-state index contributed by atoms with van der Waals surface area (Å²) in [5, 5.41) is 10.6. The van der Waals surface area contributed by atoms with Crippen LogP contribution in [-0.2, 0) is 0 Å². The van der Waals surface area contributed by atoms with Crippen LogP contribution < -0.4 is 0 Å². The van der Waals surface area contributed by atoms with Crippen molar-refractivity contribution < 1.29 is 4.92 Å². The van der Waals surface area contributed by atoms with Crippen LogP contribution in [0.5, 0.6) is 0 Å². The van der Waals surface area contributed by atoms with E-state index in [0.29, 0.717) is 0 Å². The minimum absolute atomic E-state index is 0.116. The van der Waals surface area contributed by atoms with Crippen LogP contribution in [0, 0.1) is 10.1 Å². The lowest BCUT2D eigenvalue weighted by molar-refractivity contribution is -0.524. The zero-order valence-electron chi connectivity index (χ0n) is 8.79. The van der Waals surface area contributed by atoms with Crippen molar-refractivity contribution in [3.8, 4) is 0 Å². The maximum Gasteiger partial charge on any atom is 0.213 e. The van der Waals surface area contributed by atoms with Gasteiger partial charge < -0.3 is 0 Å². The molecule has 0 aromatic heterocycles. The van der Waals surface area contributed by atoms with Crippen LogP contribution in [-0.4, -0.2) is 11.0 Å². The first kappa shape index (κ1) is 12.4. The molecule has 0 radical (unpaired) electrons. The van der Waals surface area contributed by atoms with Crippen molar-refractivity contribution in [1.29, 1.82) is 0 Å². The predicted molar refractivity (Wildman–Crippen MR) is 54.4 cm³/mol. The van der Waals surface area contributed by atoms with E-state index < -0.39 is 0 Å². The lowest BCUT2D eigenvalue weighted by Crippen LogP contribution is -2.18. The van der Waals surface area contributed by atoms with Gasteiger partial charge in [0.1, 0.15) is 0 Å². The zero-order valence-corrected chi connectivity index (χ0v) is 8.79. The van der Waals surface area contributed by atoms with Gasteiger partial charge in [0.25, 0.3) is 0 Å². The Balaban J connectivity index is 3.51. The smallest absolute Gasteiger partial charge is 0.213 e. The van der Waals surface area contributed by atoms with E-state index in [9.17, 15) is 10.1 Å². The third-order valence-corrected chi connectivity index (χ3v) is 2.31. The molecule has 0 saturated heterocycles. The molecule has 0 fully saturated rings. The summed E-state index contributed by atoms with van der Waals surface area (Å²) in [4.78, 5) is 10.4. The molecule has 0 aliphatic heterocycles. The molecule has 0 bridgehead atoms. The Morgan fingerprint density at radius 1 is 1.08 bits per heavy atom. The molecule has 0 aliphatic rings. The maximum atomic E-state index is 10.6. The van der Waals surface area contributed by atoms with Crippen LogP contribution in [0.15, 0.2) is 0 Å². The van der Waals surface area contributed by atoms with E-state index in [1.54, 1.807) is 0 Å². The van der Waals surface area contributed by atoms with Crippen LogP contribution >= 0.6 is 0 Å². The fourth-order valence-electron chi connectivity index (χ4n) is 1.50. The highest BCUT2D eigenvalue weighted by atomic mass is 16.6. The molecule has 0 saturated carbocycles. The first-order valence-electron chi connectivity index (χ1n) is 5.35. The molecule has 1 atom stereocenters. The van der Waals surface area contributed by atoms with Crippen molar-refractivity contribution in [2.45, 2.75) is 64.8 Å². The number of nitro groups is 1.